The summed E-state index contributed by atoms with van der Waals surface area (Å²) < 4.78 is 6.46. The molecule has 0 radical (unpaired) electrons. The van der Waals surface area contributed by atoms with Crippen molar-refractivity contribution in [2.45, 2.75) is 11.9 Å². The van der Waals surface area contributed by atoms with Crippen LogP contribution in [0.4, 0.5) is 0 Å². The molecule has 1 unspecified atom stereocenters. The zero-order valence-electron chi connectivity index (χ0n) is 13.1. The van der Waals surface area contributed by atoms with Crippen molar-refractivity contribution in [1.29, 1.82) is 0 Å². The van der Waals surface area contributed by atoms with Crippen LogP contribution in [0.15, 0.2) is 65.4 Å². The lowest BCUT2D eigenvalue weighted by Crippen LogP contribution is -2.23. The van der Waals surface area contributed by atoms with E-state index in [1.165, 1.54) is 10.8 Å². The number of rotatable bonds is 6. The Labute approximate surface area is 135 Å². The Balaban J connectivity index is 1.85. The minimum atomic E-state index is -0.328. The molecular formula is C19H23NOS. The SMILES string of the molecule is CN(C)CCC(Oc1cccc2ccccc12)[SH]1C=CC=C1. The molecule has 0 bridgehead atoms. The minimum Gasteiger partial charge on any atom is -0.480 e. The van der Waals surface area contributed by atoms with Crippen molar-refractivity contribution in [1.82, 2.24) is 4.90 Å². The van der Waals surface area contributed by atoms with Crippen molar-refractivity contribution >= 4 is 21.7 Å². The number of ether oxygens (including phenoxy) is 1. The monoisotopic (exact) mass is 313 g/mol. The number of hydrogen-bond donors (Lipinski definition) is 1. The summed E-state index contributed by atoms with van der Waals surface area (Å²) in [6, 6.07) is 14.7. The number of fused-ring (bicyclic) bond motifs is 1. The highest BCUT2D eigenvalue weighted by Gasteiger charge is 2.18. The molecule has 1 aliphatic heterocycles. The van der Waals surface area contributed by atoms with E-state index in [-0.39, 0.29) is 16.3 Å². The van der Waals surface area contributed by atoms with Gasteiger partial charge in [-0.15, -0.1) is 0 Å². The van der Waals surface area contributed by atoms with Crippen LogP contribution in [0.25, 0.3) is 10.8 Å². The van der Waals surface area contributed by atoms with Crippen molar-refractivity contribution < 1.29 is 4.74 Å². The molecule has 0 saturated heterocycles. The van der Waals surface area contributed by atoms with Gasteiger partial charge in [0.2, 0.25) is 0 Å². The summed E-state index contributed by atoms with van der Waals surface area (Å²) >= 11 is 0. The number of allylic oxidation sites excluding steroid dienone is 2. The largest absolute Gasteiger partial charge is 0.480 e. The Hall–Kier alpha value is -1.71. The van der Waals surface area contributed by atoms with Crippen molar-refractivity contribution in [2.24, 2.45) is 0 Å². The smallest absolute Gasteiger partial charge is 0.134 e. The number of benzene rings is 2. The summed E-state index contributed by atoms with van der Waals surface area (Å²) in [4.78, 5) is 2.22. The number of hydrogen-bond acceptors (Lipinski definition) is 2. The lowest BCUT2D eigenvalue weighted by Gasteiger charge is -2.27. The molecule has 0 saturated carbocycles. The van der Waals surface area contributed by atoms with Gasteiger partial charge in [-0.05, 0) is 36.4 Å². The Kier molecular flexibility index (Phi) is 4.86. The fourth-order valence-corrected chi connectivity index (χ4v) is 4.35. The standard InChI is InChI=1S/C19H23NOS/c1-20(2)13-12-19(22-14-5-6-15-22)21-18-11-7-9-16-8-3-4-10-17(16)18/h3-11,14-15,19,22H,12-13H2,1-2H3. The van der Waals surface area contributed by atoms with Crippen LogP contribution in [-0.2, 0) is 0 Å². The van der Waals surface area contributed by atoms with Crippen molar-refractivity contribution in [3.63, 3.8) is 0 Å². The quantitative estimate of drug-likeness (QED) is 0.786. The van der Waals surface area contributed by atoms with Gasteiger partial charge in [0.25, 0.3) is 0 Å². The van der Waals surface area contributed by atoms with Crippen molar-refractivity contribution in [3.05, 3.63) is 65.4 Å². The van der Waals surface area contributed by atoms with E-state index in [9.17, 15) is 0 Å². The Morgan fingerprint density at radius 3 is 2.50 bits per heavy atom. The highest BCUT2D eigenvalue weighted by atomic mass is 32.2. The molecule has 0 N–H and O–H groups in total. The second-order valence-electron chi connectivity index (χ2n) is 5.77. The van der Waals surface area contributed by atoms with E-state index in [4.69, 9.17) is 4.74 Å². The average Bonchev–Trinajstić information content (AvgIpc) is 3.05. The van der Waals surface area contributed by atoms with Crippen LogP contribution in [0.1, 0.15) is 6.42 Å². The molecule has 1 atom stereocenters. The van der Waals surface area contributed by atoms with E-state index < -0.39 is 0 Å². The first kappa shape index (κ1) is 15.2. The second-order valence-corrected chi connectivity index (χ2v) is 7.84. The van der Waals surface area contributed by atoms with E-state index in [1.807, 2.05) is 0 Å². The summed E-state index contributed by atoms with van der Waals surface area (Å²) in [5, 5.41) is 7.01. The van der Waals surface area contributed by atoms with Gasteiger partial charge in [0, 0.05) is 18.4 Å². The zero-order valence-corrected chi connectivity index (χ0v) is 14.0. The molecule has 1 heterocycles. The Morgan fingerprint density at radius 1 is 1.00 bits per heavy atom. The Morgan fingerprint density at radius 2 is 1.73 bits per heavy atom. The molecule has 0 fully saturated rings. The first-order valence-corrected chi connectivity index (χ1v) is 9.20. The predicted octanol–water partition coefficient (Wildman–Crippen LogP) is 4.54. The molecule has 0 amide bonds. The summed E-state index contributed by atoms with van der Waals surface area (Å²) in [5.41, 5.74) is 0.234. The summed E-state index contributed by atoms with van der Waals surface area (Å²) in [5.74, 6) is 0.998. The van der Waals surface area contributed by atoms with Gasteiger partial charge in [-0.1, -0.05) is 48.6 Å². The van der Waals surface area contributed by atoms with Crippen LogP contribution >= 0.6 is 10.9 Å². The number of nitrogens with zero attached hydrogens (tertiary/aromatic N) is 1. The fraction of sp³-hybridized carbons (Fsp3) is 0.263. The van der Waals surface area contributed by atoms with Gasteiger partial charge in [0.1, 0.15) is 11.2 Å². The normalized spacial score (nSPS) is 16.6. The summed E-state index contributed by atoms with van der Waals surface area (Å²) in [6.45, 7) is 1.04. The summed E-state index contributed by atoms with van der Waals surface area (Å²) in [7, 11) is 3.90. The molecule has 2 aromatic rings. The van der Waals surface area contributed by atoms with Gasteiger partial charge >= 0.3 is 0 Å². The molecule has 116 valence electrons. The van der Waals surface area contributed by atoms with E-state index >= 15 is 0 Å². The summed E-state index contributed by atoms with van der Waals surface area (Å²) in [6.07, 6.45) is 5.32. The van der Waals surface area contributed by atoms with Gasteiger partial charge in [-0.25, -0.2) is 0 Å². The van der Waals surface area contributed by atoms with E-state index in [2.05, 4.69) is 84.4 Å². The molecule has 2 nitrogen and oxygen atoms in total. The maximum Gasteiger partial charge on any atom is 0.134 e. The highest BCUT2D eigenvalue weighted by Crippen LogP contribution is 2.41. The third-order valence-corrected chi connectivity index (χ3v) is 5.86. The molecule has 0 spiro atoms. The molecule has 22 heavy (non-hydrogen) atoms. The van der Waals surface area contributed by atoms with Crippen LogP contribution in [0.2, 0.25) is 0 Å². The average molecular weight is 313 g/mol. The molecule has 0 aromatic heterocycles. The lowest BCUT2D eigenvalue weighted by atomic mass is 10.1. The van der Waals surface area contributed by atoms with Crippen molar-refractivity contribution in [3.8, 4) is 5.75 Å². The van der Waals surface area contributed by atoms with Crippen LogP contribution in [0, 0.1) is 0 Å². The van der Waals surface area contributed by atoms with E-state index in [0.29, 0.717) is 0 Å². The van der Waals surface area contributed by atoms with E-state index in [1.54, 1.807) is 0 Å². The van der Waals surface area contributed by atoms with Gasteiger partial charge in [0.15, 0.2) is 0 Å². The van der Waals surface area contributed by atoms with Crippen LogP contribution < -0.4 is 4.74 Å². The molecule has 1 aliphatic rings. The van der Waals surface area contributed by atoms with Gasteiger partial charge in [-0.2, -0.15) is 10.9 Å². The topological polar surface area (TPSA) is 12.5 Å². The van der Waals surface area contributed by atoms with Crippen LogP contribution in [0.5, 0.6) is 5.75 Å². The minimum absolute atomic E-state index is 0.234. The maximum absolute atomic E-state index is 6.46. The van der Waals surface area contributed by atoms with E-state index in [0.717, 1.165) is 18.7 Å². The van der Waals surface area contributed by atoms with Crippen molar-refractivity contribution in [2.75, 3.05) is 20.6 Å². The maximum atomic E-state index is 6.46. The molecular weight excluding hydrogens is 290 g/mol. The number of thiol groups is 1. The van der Waals surface area contributed by atoms with Gasteiger partial charge < -0.3 is 9.64 Å². The molecule has 3 heteroatoms. The predicted molar refractivity (Wildman–Crippen MR) is 98.8 cm³/mol. The fourth-order valence-electron chi connectivity index (χ4n) is 2.62. The third-order valence-electron chi connectivity index (χ3n) is 3.80. The molecule has 3 rings (SSSR count). The zero-order chi connectivity index (χ0) is 15.4. The third kappa shape index (κ3) is 3.54. The molecule has 0 aliphatic carbocycles. The lowest BCUT2D eigenvalue weighted by molar-refractivity contribution is 0.255. The van der Waals surface area contributed by atoms with Crippen LogP contribution in [-0.4, -0.2) is 31.0 Å². The van der Waals surface area contributed by atoms with Crippen LogP contribution in [0.3, 0.4) is 0 Å². The first-order valence-electron chi connectivity index (χ1n) is 7.65. The second kappa shape index (κ2) is 7.03. The highest BCUT2D eigenvalue weighted by molar-refractivity contribution is 8.22. The first-order chi connectivity index (χ1) is 10.7. The Bertz CT molecular complexity index is 675. The van der Waals surface area contributed by atoms with Gasteiger partial charge in [0.05, 0.1) is 0 Å². The van der Waals surface area contributed by atoms with Gasteiger partial charge in [-0.3, -0.25) is 0 Å². The molecule has 2 aromatic carbocycles.